The number of aromatic nitrogens is 1. The number of aliphatic carboxylic acids is 1. The summed E-state index contributed by atoms with van der Waals surface area (Å²) < 4.78 is 0. The van der Waals surface area contributed by atoms with Crippen molar-refractivity contribution in [3.05, 3.63) is 108 Å². The number of benzene rings is 3. The Bertz CT molecular complexity index is 2160. The molecule has 7 atom stereocenters. The number of hydrogen-bond acceptors (Lipinski definition) is 9. The highest BCUT2D eigenvalue weighted by molar-refractivity contribution is 5.97. The third-order valence-corrected chi connectivity index (χ3v) is 11.9. The lowest BCUT2D eigenvalue weighted by atomic mass is 9.98. The van der Waals surface area contributed by atoms with Crippen LogP contribution in [-0.4, -0.2) is 142 Å². The zero-order valence-electron chi connectivity index (χ0n) is 36.5. The largest absolute Gasteiger partial charge is 0.480 e. The maximum absolute atomic E-state index is 15.1. The fourth-order valence-corrected chi connectivity index (χ4v) is 8.14. The van der Waals surface area contributed by atoms with Gasteiger partial charge in [-0.2, -0.15) is 0 Å². The van der Waals surface area contributed by atoms with Gasteiger partial charge < -0.3 is 51.6 Å². The lowest BCUT2D eigenvalue weighted by Crippen LogP contribution is -2.61. The number of aliphatic hydroxyl groups is 1. The normalized spacial score (nSPS) is 16.5. The lowest BCUT2D eigenvalue weighted by Gasteiger charge is -2.37. The Morgan fingerprint density at radius 2 is 1.35 bits per heavy atom. The van der Waals surface area contributed by atoms with Crippen LogP contribution >= 0.6 is 0 Å². The van der Waals surface area contributed by atoms with E-state index in [0.29, 0.717) is 37.9 Å². The summed E-state index contributed by atoms with van der Waals surface area (Å²) in [5.74, 6) is -4.27. The van der Waals surface area contributed by atoms with E-state index in [1.54, 1.807) is 36.5 Å². The van der Waals surface area contributed by atoms with Crippen molar-refractivity contribution in [3.63, 3.8) is 0 Å². The molecule has 1 fully saturated rings. The third kappa shape index (κ3) is 12.5. The quantitative estimate of drug-likeness (QED) is 0.0569. The van der Waals surface area contributed by atoms with Crippen LogP contribution in [0.4, 0.5) is 0 Å². The van der Waals surface area contributed by atoms with Crippen LogP contribution in [-0.2, 0) is 48.0 Å². The Labute approximate surface area is 368 Å². The summed E-state index contributed by atoms with van der Waals surface area (Å²) in [5, 5.41) is 30.6. The van der Waals surface area contributed by atoms with Gasteiger partial charge in [0.2, 0.25) is 29.5 Å². The van der Waals surface area contributed by atoms with E-state index in [-0.39, 0.29) is 31.6 Å². The minimum Gasteiger partial charge on any atom is -0.480 e. The predicted molar refractivity (Wildman–Crippen MR) is 239 cm³/mol. The molecule has 1 aliphatic heterocycles. The summed E-state index contributed by atoms with van der Waals surface area (Å²) in [4.78, 5) is 91.0. The van der Waals surface area contributed by atoms with Gasteiger partial charge in [0.15, 0.2) is 0 Å². The number of aliphatic hydroxyl groups excluding tert-OH is 1. The van der Waals surface area contributed by atoms with Crippen LogP contribution in [0.2, 0.25) is 0 Å². The van der Waals surface area contributed by atoms with E-state index in [9.17, 15) is 34.2 Å². The number of H-pyrrole nitrogens is 1. The molecule has 0 saturated carbocycles. The number of amides is 5. The average molecular weight is 867 g/mol. The van der Waals surface area contributed by atoms with Crippen molar-refractivity contribution in [2.45, 2.75) is 101 Å². The molecule has 63 heavy (non-hydrogen) atoms. The molecule has 16 heteroatoms. The molecular weight excluding hydrogens is 805 g/mol. The SMILES string of the molecule is C[C@@H](O)[C@H](NC(=O)[C@H](CCCCN)N(C)C(=O)[C@@H](Cc1c[nH]c2ccccc12)N(C)C(=O)[C@H](Cc1ccccc1)NC(=O)[C@@H]1CCCN1)C(=O)N(C)[C@@H](Cc1ccccc1)C(=O)O. The van der Waals surface area contributed by atoms with E-state index >= 15 is 4.79 Å². The summed E-state index contributed by atoms with van der Waals surface area (Å²) >= 11 is 0. The van der Waals surface area contributed by atoms with E-state index < -0.39 is 72.0 Å². The van der Waals surface area contributed by atoms with Gasteiger partial charge in [0.05, 0.1) is 12.1 Å². The van der Waals surface area contributed by atoms with Crippen LogP contribution in [0, 0.1) is 0 Å². The number of likely N-dealkylation sites (N-methyl/N-ethyl adjacent to an activating group) is 3. The minimum absolute atomic E-state index is 0.0186. The van der Waals surface area contributed by atoms with Gasteiger partial charge in [-0.25, -0.2) is 4.79 Å². The Morgan fingerprint density at radius 1 is 0.746 bits per heavy atom. The Kier molecular flexibility index (Phi) is 17.4. The number of unbranched alkanes of at least 4 members (excludes halogenated alkanes) is 1. The smallest absolute Gasteiger partial charge is 0.326 e. The molecule has 5 rings (SSSR count). The maximum Gasteiger partial charge on any atom is 0.326 e. The maximum atomic E-state index is 15.1. The first-order valence-electron chi connectivity index (χ1n) is 21.6. The van der Waals surface area contributed by atoms with Gasteiger partial charge in [-0.15, -0.1) is 0 Å². The van der Waals surface area contributed by atoms with E-state index in [0.717, 1.165) is 33.4 Å². The van der Waals surface area contributed by atoms with Gasteiger partial charge in [-0.3, -0.25) is 24.0 Å². The number of hydrogen-bond donors (Lipinski definition) is 7. The van der Waals surface area contributed by atoms with Crippen LogP contribution in [0.1, 0.15) is 55.7 Å². The minimum atomic E-state index is -1.57. The van der Waals surface area contributed by atoms with E-state index in [4.69, 9.17) is 5.73 Å². The first kappa shape index (κ1) is 47.9. The molecular formula is C47H62N8O8. The Morgan fingerprint density at radius 3 is 1.95 bits per heavy atom. The molecule has 5 amide bonds. The molecule has 0 aliphatic carbocycles. The summed E-state index contributed by atoms with van der Waals surface area (Å²) in [6.45, 7) is 2.31. The van der Waals surface area contributed by atoms with E-state index in [1.165, 1.54) is 37.9 Å². The summed E-state index contributed by atoms with van der Waals surface area (Å²) in [6, 6.07) is 18.8. The number of aromatic amines is 1. The molecule has 4 aromatic rings. The van der Waals surface area contributed by atoms with Crippen LogP contribution in [0.15, 0.2) is 91.1 Å². The number of fused-ring (bicyclic) bond motifs is 1. The van der Waals surface area contributed by atoms with E-state index in [2.05, 4.69) is 20.9 Å². The van der Waals surface area contributed by atoms with Gasteiger partial charge in [0.25, 0.3) is 0 Å². The molecule has 0 radical (unpaired) electrons. The molecule has 0 spiro atoms. The second kappa shape index (κ2) is 22.8. The second-order valence-electron chi connectivity index (χ2n) is 16.4. The number of carboxylic acid groups (broad SMARTS) is 1. The Hall–Kier alpha value is -6.10. The first-order chi connectivity index (χ1) is 30.2. The van der Waals surface area contributed by atoms with Gasteiger partial charge in [0.1, 0.15) is 30.2 Å². The number of carbonyl (C=O) groups excluding carboxylic acids is 5. The van der Waals surface area contributed by atoms with Gasteiger partial charge in [-0.1, -0.05) is 78.9 Å². The monoisotopic (exact) mass is 866 g/mol. The molecule has 3 aromatic carbocycles. The molecule has 8 N–H and O–H groups in total. The standard InChI is InChI=1S/C47H62N8O8/c1-30(56)41(46(61)55(4)40(47(62)63)27-32-18-9-6-10-19-32)52-43(58)38(23-13-14-24-48)53(2)45(60)39(28-33-29-50-35-21-12-11-20-34(33)35)54(3)44(59)37(26-31-16-7-5-8-17-31)51-42(57)36-22-15-25-49-36/h5-12,16-21,29-30,36-41,49-50,56H,13-15,22-28,48H2,1-4H3,(H,51,57)(H,52,58)(H,62,63)/t30-,36+,37+,38+,39-,40+,41+/m1/s1. The highest BCUT2D eigenvalue weighted by Gasteiger charge is 2.40. The third-order valence-electron chi connectivity index (χ3n) is 11.9. The van der Waals surface area contributed by atoms with Crippen molar-refractivity contribution in [1.29, 1.82) is 0 Å². The number of para-hydroxylation sites is 1. The van der Waals surface area contributed by atoms with Gasteiger partial charge in [-0.05, 0) is 74.9 Å². The summed E-state index contributed by atoms with van der Waals surface area (Å²) in [7, 11) is 4.28. The second-order valence-corrected chi connectivity index (χ2v) is 16.4. The molecule has 2 heterocycles. The fourth-order valence-electron chi connectivity index (χ4n) is 8.14. The fraction of sp³-hybridized carbons (Fsp3) is 0.447. The molecule has 338 valence electrons. The lowest BCUT2D eigenvalue weighted by molar-refractivity contribution is -0.152. The summed E-state index contributed by atoms with van der Waals surface area (Å²) in [6.07, 6.45) is 3.01. The zero-order chi connectivity index (χ0) is 45.6. The number of carbonyl (C=O) groups is 6. The van der Waals surface area contributed by atoms with E-state index in [1.807, 2.05) is 54.6 Å². The van der Waals surface area contributed by atoms with Crippen LogP contribution in [0.5, 0.6) is 0 Å². The summed E-state index contributed by atoms with van der Waals surface area (Å²) in [5.41, 5.74) is 8.88. The number of nitrogens with zero attached hydrogens (tertiary/aromatic N) is 3. The molecule has 0 unspecified atom stereocenters. The Balaban J connectivity index is 1.46. The van der Waals surface area contributed by atoms with Crippen molar-refractivity contribution < 1.29 is 39.0 Å². The van der Waals surface area contributed by atoms with Gasteiger partial charge in [0, 0.05) is 57.5 Å². The highest BCUT2D eigenvalue weighted by atomic mass is 16.4. The highest BCUT2D eigenvalue weighted by Crippen LogP contribution is 2.23. The van der Waals surface area contributed by atoms with Crippen LogP contribution in [0.25, 0.3) is 10.9 Å². The molecule has 1 saturated heterocycles. The number of nitrogens with two attached hydrogens (primary N) is 1. The topological polar surface area (TPSA) is 230 Å². The first-order valence-corrected chi connectivity index (χ1v) is 21.6. The van der Waals surface area contributed by atoms with Crippen molar-refractivity contribution >= 4 is 46.4 Å². The van der Waals surface area contributed by atoms with Crippen molar-refractivity contribution in [2.75, 3.05) is 34.2 Å². The van der Waals surface area contributed by atoms with Crippen LogP contribution in [0.3, 0.4) is 0 Å². The van der Waals surface area contributed by atoms with Crippen molar-refractivity contribution in [1.82, 2.24) is 35.6 Å². The average Bonchev–Trinajstić information content (AvgIpc) is 3.98. The van der Waals surface area contributed by atoms with Gasteiger partial charge >= 0.3 is 5.97 Å². The molecule has 1 aliphatic rings. The molecule has 1 aromatic heterocycles. The molecule has 0 bridgehead atoms. The number of rotatable bonds is 22. The van der Waals surface area contributed by atoms with Crippen LogP contribution < -0.4 is 21.7 Å². The number of carboxylic acids is 1. The predicted octanol–water partition coefficient (Wildman–Crippen LogP) is 1.99. The van der Waals surface area contributed by atoms with Crippen molar-refractivity contribution in [2.24, 2.45) is 5.73 Å². The molecule has 16 nitrogen and oxygen atoms in total. The zero-order valence-corrected chi connectivity index (χ0v) is 36.5. The van der Waals surface area contributed by atoms with Crippen molar-refractivity contribution in [3.8, 4) is 0 Å². The number of nitrogens with one attached hydrogen (secondary N) is 4.